The smallest absolute Gasteiger partial charge is 0.191 e. The second-order valence-corrected chi connectivity index (χ2v) is 7.36. The molecule has 0 fully saturated rings. The van der Waals surface area contributed by atoms with Crippen molar-refractivity contribution in [3.63, 3.8) is 0 Å². The van der Waals surface area contributed by atoms with Gasteiger partial charge < -0.3 is 19.9 Å². The van der Waals surface area contributed by atoms with Crippen LogP contribution in [0.1, 0.15) is 44.3 Å². The summed E-state index contributed by atoms with van der Waals surface area (Å²) >= 11 is 0. The van der Waals surface area contributed by atoms with Crippen LogP contribution in [-0.2, 0) is 19.4 Å². The Morgan fingerprint density at radius 2 is 2.03 bits per heavy atom. The molecule has 2 heterocycles. The standard InChI is InChI=1S/C21H31FN6O/c1-16(29-18-11-9-17(22)10-12-18)15-25-21(23-2)24-13-6-8-20-27-26-19-7-4-3-5-14-28(19)20/h9-12,16H,3-8,13-15H2,1-2H3,(H2,23,24,25). The SMILES string of the molecule is CN=C(NCCCc1nnc2n1CCCCC2)NCC(C)Oc1ccc(F)cc1. The van der Waals surface area contributed by atoms with Crippen molar-refractivity contribution < 1.29 is 9.13 Å². The van der Waals surface area contributed by atoms with Crippen molar-refractivity contribution in [3.8, 4) is 5.75 Å². The number of fused-ring (bicyclic) bond motifs is 1. The summed E-state index contributed by atoms with van der Waals surface area (Å²) in [6, 6.07) is 6.04. The lowest BCUT2D eigenvalue weighted by molar-refractivity contribution is 0.223. The fourth-order valence-electron chi connectivity index (χ4n) is 3.43. The third kappa shape index (κ3) is 6.44. The molecule has 0 spiro atoms. The van der Waals surface area contributed by atoms with Crippen LogP contribution in [0, 0.1) is 5.82 Å². The van der Waals surface area contributed by atoms with Crippen LogP contribution in [0.3, 0.4) is 0 Å². The van der Waals surface area contributed by atoms with Gasteiger partial charge in [-0.3, -0.25) is 4.99 Å². The Morgan fingerprint density at radius 1 is 1.21 bits per heavy atom. The van der Waals surface area contributed by atoms with E-state index < -0.39 is 0 Å². The van der Waals surface area contributed by atoms with E-state index in [0.717, 1.165) is 50.0 Å². The molecule has 7 nitrogen and oxygen atoms in total. The van der Waals surface area contributed by atoms with Crippen molar-refractivity contribution in [2.24, 2.45) is 4.99 Å². The summed E-state index contributed by atoms with van der Waals surface area (Å²) in [5.74, 6) is 3.34. The number of benzene rings is 1. The van der Waals surface area contributed by atoms with Crippen molar-refractivity contribution in [1.29, 1.82) is 0 Å². The molecule has 1 aliphatic rings. The average Bonchev–Trinajstić information content (AvgIpc) is 2.95. The largest absolute Gasteiger partial charge is 0.489 e. The van der Waals surface area contributed by atoms with Crippen molar-refractivity contribution in [2.45, 2.75) is 58.1 Å². The maximum absolute atomic E-state index is 13.0. The normalized spacial score (nSPS) is 15.3. The number of aryl methyl sites for hydroxylation is 2. The Morgan fingerprint density at radius 3 is 2.83 bits per heavy atom. The molecule has 158 valence electrons. The second-order valence-electron chi connectivity index (χ2n) is 7.36. The summed E-state index contributed by atoms with van der Waals surface area (Å²) in [5, 5.41) is 15.3. The number of rotatable bonds is 8. The zero-order valence-electron chi connectivity index (χ0n) is 17.3. The van der Waals surface area contributed by atoms with E-state index in [4.69, 9.17) is 4.74 Å². The van der Waals surface area contributed by atoms with E-state index >= 15 is 0 Å². The minimum Gasteiger partial charge on any atom is -0.489 e. The van der Waals surface area contributed by atoms with Gasteiger partial charge in [0.1, 0.15) is 29.3 Å². The number of hydrogen-bond donors (Lipinski definition) is 2. The van der Waals surface area contributed by atoms with Gasteiger partial charge in [0.25, 0.3) is 0 Å². The van der Waals surface area contributed by atoms with Crippen LogP contribution < -0.4 is 15.4 Å². The first-order valence-electron chi connectivity index (χ1n) is 10.4. The van der Waals surface area contributed by atoms with Crippen LogP contribution in [0.15, 0.2) is 29.3 Å². The molecule has 1 aromatic heterocycles. The highest BCUT2D eigenvalue weighted by atomic mass is 19.1. The van der Waals surface area contributed by atoms with E-state index in [2.05, 4.69) is 30.4 Å². The molecule has 0 saturated heterocycles. The zero-order chi connectivity index (χ0) is 20.5. The van der Waals surface area contributed by atoms with Crippen LogP contribution in [0.2, 0.25) is 0 Å². The number of nitrogens with zero attached hydrogens (tertiary/aromatic N) is 4. The predicted molar refractivity (Wildman–Crippen MR) is 112 cm³/mol. The van der Waals surface area contributed by atoms with Crippen molar-refractivity contribution in [3.05, 3.63) is 41.7 Å². The third-order valence-corrected chi connectivity index (χ3v) is 4.99. The van der Waals surface area contributed by atoms with E-state index in [1.807, 2.05) is 6.92 Å². The molecule has 1 aliphatic heterocycles. The molecule has 0 aliphatic carbocycles. The number of guanidine groups is 1. The second kappa shape index (κ2) is 10.8. The molecule has 2 aromatic rings. The van der Waals surface area contributed by atoms with Gasteiger partial charge in [0.15, 0.2) is 5.96 Å². The molecule has 1 unspecified atom stereocenters. The summed E-state index contributed by atoms with van der Waals surface area (Å²) in [7, 11) is 1.75. The minimum atomic E-state index is -0.269. The Kier molecular flexibility index (Phi) is 7.84. The fraction of sp³-hybridized carbons (Fsp3) is 0.571. The average molecular weight is 403 g/mol. The van der Waals surface area contributed by atoms with Gasteiger partial charge in [0.2, 0.25) is 0 Å². The molecule has 8 heteroatoms. The van der Waals surface area contributed by atoms with Gasteiger partial charge in [0.05, 0.1) is 6.54 Å². The number of ether oxygens (including phenoxy) is 1. The molecular formula is C21H31FN6O. The highest BCUT2D eigenvalue weighted by Crippen LogP contribution is 2.15. The van der Waals surface area contributed by atoms with E-state index in [-0.39, 0.29) is 11.9 Å². The van der Waals surface area contributed by atoms with Gasteiger partial charge in [-0.2, -0.15) is 0 Å². The van der Waals surface area contributed by atoms with Crippen LogP contribution in [0.5, 0.6) is 5.75 Å². The first-order chi connectivity index (χ1) is 14.2. The van der Waals surface area contributed by atoms with E-state index in [1.54, 1.807) is 19.2 Å². The highest BCUT2D eigenvalue weighted by molar-refractivity contribution is 5.79. The maximum atomic E-state index is 13.0. The van der Waals surface area contributed by atoms with Crippen LogP contribution in [-0.4, -0.2) is 47.0 Å². The molecule has 2 N–H and O–H groups in total. The summed E-state index contributed by atoms with van der Waals surface area (Å²) < 4.78 is 21.0. The van der Waals surface area contributed by atoms with Gasteiger partial charge in [-0.15, -0.1) is 10.2 Å². The van der Waals surface area contributed by atoms with Gasteiger partial charge >= 0.3 is 0 Å². The van der Waals surface area contributed by atoms with Crippen molar-refractivity contribution in [2.75, 3.05) is 20.1 Å². The summed E-state index contributed by atoms with van der Waals surface area (Å²) in [6.07, 6.45) is 6.53. The van der Waals surface area contributed by atoms with E-state index in [0.29, 0.717) is 12.3 Å². The molecule has 0 bridgehead atoms. The molecule has 3 rings (SSSR count). The van der Waals surface area contributed by atoms with Gasteiger partial charge in [0, 0.05) is 33.0 Å². The molecule has 1 atom stereocenters. The van der Waals surface area contributed by atoms with Crippen LogP contribution in [0.25, 0.3) is 0 Å². The number of hydrogen-bond acceptors (Lipinski definition) is 4. The molecular weight excluding hydrogens is 371 g/mol. The topological polar surface area (TPSA) is 76.4 Å². The minimum absolute atomic E-state index is 0.0783. The number of nitrogens with one attached hydrogen (secondary N) is 2. The predicted octanol–water partition coefficient (Wildman–Crippen LogP) is 2.71. The van der Waals surface area contributed by atoms with Gasteiger partial charge in [-0.25, -0.2) is 4.39 Å². The first kappa shape index (κ1) is 21.1. The molecule has 29 heavy (non-hydrogen) atoms. The van der Waals surface area contributed by atoms with E-state index in [9.17, 15) is 4.39 Å². The highest BCUT2D eigenvalue weighted by Gasteiger charge is 2.14. The zero-order valence-corrected chi connectivity index (χ0v) is 17.3. The van der Waals surface area contributed by atoms with Crippen molar-refractivity contribution in [1.82, 2.24) is 25.4 Å². The lowest BCUT2D eigenvalue weighted by Gasteiger charge is -2.17. The monoisotopic (exact) mass is 402 g/mol. The van der Waals surface area contributed by atoms with Crippen LogP contribution >= 0.6 is 0 Å². The quantitative estimate of drug-likeness (QED) is 0.403. The van der Waals surface area contributed by atoms with E-state index in [1.165, 1.54) is 31.4 Å². The number of halogens is 1. The summed E-state index contributed by atoms with van der Waals surface area (Å²) in [4.78, 5) is 4.25. The Hall–Kier alpha value is -2.64. The fourth-order valence-corrected chi connectivity index (χ4v) is 3.43. The molecule has 0 saturated carbocycles. The van der Waals surface area contributed by atoms with Gasteiger partial charge in [-0.1, -0.05) is 6.42 Å². The lowest BCUT2D eigenvalue weighted by Crippen LogP contribution is -2.42. The first-order valence-corrected chi connectivity index (χ1v) is 10.4. The van der Waals surface area contributed by atoms with Crippen molar-refractivity contribution >= 4 is 5.96 Å². The lowest BCUT2D eigenvalue weighted by atomic mass is 10.2. The Bertz CT molecular complexity index is 789. The number of aromatic nitrogens is 3. The number of aliphatic imine (C=N–C) groups is 1. The third-order valence-electron chi connectivity index (χ3n) is 4.99. The summed E-state index contributed by atoms with van der Waals surface area (Å²) in [6.45, 7) is 4.39. The maximum Gasteiger partial charge on any atom is 0.191 e. The summed E-state index contributed by atoms with van der Waals surface area (Å²) in [5.41, 5.74) is 0. The molecule has 1 aromatic carbocycles. The molecule has 0 radical (unpaired) electrons. The van der Waals surface area contributed by atoms with Gasteiger partial charge in [-0.05, 0) is 50.5 Å². The molecule has 0 amide bonds. The van der Waals surface area contributed by atoms with Crippen LogP contribution in [0.4, 0.5) is 4.39 Å². The Labute approximate surface area is 171 Å². The Balaban J connectivity index is 1.36.